The number of aryl methyl sites for hydroxylation is 1. The molecule has 5 rings (SSSR count). The van der Waals surface area contributed by atoms with Gasteiger partial charge in [-0.15, -0.1) is 5.10 Å². The lowest BCUT2D eigenvalue weighted by atomic mass is 9.86. The Morgan fingerprint density at radius 1 is 1.11 bits per heavy atom. The van der Waals surface area contributed by atoms with Crippen LogP contribution in [-0.4, -0.2) is 52.1 Å². The lowest BCUT2D eigenvalue weighted by Crippen LogP contribution is -2.37. The van der Waals surface area contributed by atoms with Crippen LogP contribution in [0.25, 0.3) is 10.8 Å². The smallest absolute Gasteiger partial charge is 0.293 e. The first-order valence-corrected chi connectivity index (χ1v) is 18.1. The molecule has 8 nitrogen and oxygen atoms in total. The number of anilines is 1. The molecule has 46 heavy (non-hydrogen) atoms. The molecule has 2 N–H and O–H groups in total. The number of fused-ring (bicyclic) bond motifs is 1. The van der Waals surface area contributed by atoms with Gasteiger partial charge in [0.25, 0.3) is 11.5 Å². The third-order valence-electron chi connectivity index (χ3n) is 9.28. The van der Waals surface area contributed by atoms with Gasteiger partial charge < -0.3 is 24.7 Å². The first-order chi connectivity index (χ1) is 22.2. The molecule has 1 aromatic carbocycles. The number of hydrogen-bond donors (Lipinski definition) is 2. The van der Waals surface area contributed by atoms with Gasteiger partial charge in [0.05, 0.1) is 29.3 Å². The Kier molecular flexibility index (Phi) is 12.2. The van der Waals surface area contributed by atoms with Crippen LogP contribution in [0, 0.1) is 18.7 Å². The van der Waals surface area contributed by atoms with Gasteiger partial charge in [-0.3, -0.25) is 4.79 Å². The molecule has 2 saturated heterocycles. The SMILES string of the molecule is Cc1nnc(N[C@H](C)c2cccc(C(F)(F)C3CCNCC3)c2F)c2cn(C3CCOCC3)c(=O)c(OCCCCCCCI)c12. The van der Waals surface area contributed by atoms with Crippen molar-refractivity contribution in [3.63, 3.8) is 0 Å². The van der Waals surface area contributed by atoms with Crippen LogP contribution in [0.4, 0.5) is 19.0 Å². The molecule has 1 atom stereocenters. The van der Waals surface area contributed by atoms with E-state index in [2.05, 4.69) is 43.4 Å². The molecule has 0 amide bonds. The van der Waals surface area contributed by atoms with Gasteiger partial charge in [-0.25, -0.2) is 13.2 Å². The van der Waals surface area contributed by atoms with E-state index in [9.17, 15) is 4.79 Å². The second-order valence-corrected chi connectivity index (χ2v) is 13.5. The van der Waals surface area contributed by atoms with Crippen LogP contribution in [0.2, 0.25) is 0 Å². The zero-order chi connectivity index (χ0) is 32.7. The van der Waals surface area contributed by atoms with E-state index in [0.29, 0.717) is 68.0 Å². The van der Waals surface area contributed by atoms with Gasteiger partial charge in [-0.05, 0) is 69.9 Å². The average Bonchev–Trinajstić information content (AvgIpc) is 3.07. The van der Waals surface area contributed by atoms with Crippen LogP contribution in [-0.2, 0) is 10.7 Å². The van der Waals surface area contributed by atoms with Crippen LogP contribution in [0.5, 0.6) is 5.75 Å². The highest BCUT2D eigenvalue weighted by Gasteiger charge is 2.44. The number of ether oxygens (including phenoxy) is 2. The van der Waals surface area contributed by atoms with E-state index in [1.165, 1.54) is 31.0 Å². The van der Waals surface area contributed by atoms with Crippen molar-refractivity contribution in [2.75, 3.05) is 42.7 Å². The van der Waals surface area contributed by atoms with Crippen LogP contribution < -0.4 is 20.9 Å². The highest BCUT2D eigenvalue weighted by atomic mass is 127. The molecule has 12 heteroatoms. The van der Waals surface area contributed by atoms with Gasteiger partial charge in [0, 0.05) is 42.3 Å². The summed E-state index contributed by atoms with van der Waals surface area (Å²) in [6.45, 7) is 5.97. The van der Waals surface area contributed by atoms with E-state index in [-0.39, 0.29) is 35.8 Å². The number of hydrogen-bond acceptors (Lipinski definition) is 7. The third kappa shape index (κ3) is 7.81. The summed E-state index contributed by atoms with van der Waals surface area (Å²) in [4.78, 5) is 13.9. The van der Waals surface area contributed by atoms with Crippen molar-refractivity contribution in [3.8, 4) is 5.75 Å². The first-order valence-electron chi connectivity index (χ1n) is 16.6. The summed E-state index contributed by atoms with van der Waals surface area (Å²) in [5, 5.41) is 16.2. The van der Waals surface area contributed by atoms with Crippen molar-refractivity contribution in [2.24, 2.45) is 5.92 Å². The van der Waals surface area contributed by atoms with E-state index in [1.807, 2.05) is 0 Å². The number of pyridine rings is 1. The normalized spacial score (nSPS) is 17.3. The van der Waals surface area contributed by atoms with Crippen molar-refractivity contribution in [1.29, 1.82) is 0 Å². The van der Waals surface area contributed by atoms with E-state index < -0.39 is 29.3 Å². The molecular formula is C34H45F3IN5O3. The summed E-state index contributed by atoms with van der Waals surface area (Å²) in [5.41, 5.74) is -0.156. The molecule has 0 bridgehead atoms. The lowest BCUT2D eigenvalue weighted by Gasteiger charge is -2.31. The van der Waals surface area contributed by atoms with Gasteiger partial charge in [0.1, 0.15) is 5.82 Å². The molecule has 2 aromatic heterocycles. The van der Waals surface area contributed by atoms with E-state index in [1.54, 1.807) is 24.6 Å². The number of nitrogens with zero attached hydrogens (tertiary/aromatic N) is 3. The molecule has 0 radical (unpaired) electrons. The molecule has 2 aliphatic rings. The summed E-state index contributed by atoms with van der Waals surface area (Å²) in [5.74, 6) is -4.58. The fourth-order valence-corrected chi connectivity index (χ4v) is 7.12. The Morgan fingerprint density at radius 3 is 2.57 bits per heavy atom. The molecule has 3 aromatic rings. The molecule has 2 aliphatic heterocycles. The monoisotopic (exact) mass is 755 g/mol. The Hall–Kier alpha value is -2.45. The number of benzene rings is 1. The number of rotatable bonds is 14. The minimum Gasteiger partial charge on any atom is -0.487 e. The van der Waals surface area contributed by atoms with Crippen LogP contribution in [0.1, 0.15) is 93.6 Å². The van der Waals surface area contributed by atoms with Crippen LogP contribution >= 0.6 is 22.6 Å². The topological polar surface area (TPSA) is 90.3 Å². The summed E-state index contributed by atoms with van der Waals surface area (Å²) in [7, 11) is 0. The first kappa shape index (κ1) is 34.9. The van der Waals surface area contributed by atoms with E-state index >= 15 is 13.2 Å². The molecule has 0 unspecified atom stereocenters. The summed E-state index contributed by atoms with van der Waals surface area (Å²) < 4.78 is 61.7. The Morgan fingerprint density at radius 2 is 1.83 bits per heavy atom. The van der Waals surface area contributed by atoms with Crippen molar-refractivity contribution in [3.05, 3.63) is 57.4 Å². The zero-order valence-corrected chi connectivity index (χ0v) is 28.9. The summed E-state index contributed by atoms with van der Waals surface area (Å²) in [6, 6.07) is 3.39. The maximum absolute atomic E-state index is 15.9. The van der Waals surface area contributed by atoms with Gasteiger partial charge in [-0.2, -0.15) is 5.10 Å². The molecular weight excluding hydrogens is 710 g/mol. The predicted molar refractivity (Wildman–Crippen MR) is 183 cm³/mol. The largest absolute Gasteiger partial charge is 0.487 e. The fraction of sp³-hybridized carbons (Fsp3) is 0.618. The molecule has 4 heterocycles. The lowest BCUT2D eigenvalue weighted by molar-refractivity contribution is -0.0781. The molecule has 2 fully saturated rings. The van der Waals surface area contributed by atoms with Crippen molar-refractivity contribution in [1.82, 2.24) is 20.1 Å². The quantitative estimate of drug-likeness (QED) is 0.0995. The summed E-state index contributed by atoms with van der Waals surface area (Å²) >= 11 is 2.39. The Labute approximate surface area is 282 Å². The maximum Gasteiger partial charge on any atom is 0.293 e. The Bertz CT molecular complexity index is 1530. The minimum atomic E-state index is -3.29. The maximum atomic E-state index is 15.9. The number of piperidine rings is 1. The number of unbranched alkanes of at least 4 members (excludes halogenated alkanes) is 4. The van der Waals surface area contributed by atoms with E-state index in [4.69, 9.17) is 9.47 Å². The van der Waals surface area contributed by atoms with Gasteiger partial charge in [0.2, 0.25) is 0 Å². The predicted octanol–water partition coefficient (Wildman–Crippen LogP) is 7.62. The fourth-order valence-electron chi connectivity index (χ4n) is 6.58. The third-order valence-corrected chi connectivity index (χ3v) is 10.0. The minimum absolute atomic E-state index is 0.0774. The van der Waals surface area contributed by atoms with Crippen molar-refractivity contribution in [2.45, 2.75) is 89.6 Å². The second-order valence-electron chi connectivity index (χ2n) is 12.5. The molecule has 0 spiro atoms. The second kappa shape index (κ2) is 16.1. The average molecular weight is 756 g/mol. The van der Waals surface area contributed by atoms with Crippen molar-refractivity contribution < 1.29 is 22.6 Å². The number of halogens is 4. The van der Waals surface area contributed by atoms with E-state index in [0.717, 1.165) is 23.7 Å². The number of alkyl halides is 3. The Balaban J connectivity index is 1.47. The summed E-state index contributed by atoms with van der Waals surface area (Å²) in [6.07, 6.45) is 9.04. The standard InChI is InChI=1S/C34H45F3IN5O3/c1-22(26-9-8-10-28(30(26)35)34(36,37)24-11-16-39-17-12-24)40-32-27-21-43(25-13-19-45-20-14-25)33(44)31(29(27)23(2)41-42-32)46-18-7-5-3-4-6-15-38/h8-10,21-22,24-25,39H,3-7,11-20H2,1-2H3,(H,40,42)/t22-/m1/s1. The van der Waals surface area contributed by atoms with Crippen LogP contribution in [0.15, 0.2) is 29.2 Å². The van der Waals surface area contributed by atoms with Crippen molar-refractivity contribution >= 4 is 39.2 Å². The molecule has 0 aliphatic carbocycles. The van der Waals surface area contributed by atoms with Gasteiger partial charge in [-0.1, -0.05) is 60.1 Å². The highest BCUT2D eigenvalue weighted by Crippen LogP contribution is 2.43. The molecule has 0 saturated carbocycles. The zero-order valence-electron chi connectivity index (χ0n) is 26.7. The number of aromatic nitrogens is 3. The molecule has 252 valence electrons. The van der Waals surface area contributed by atoms with Gasteiger partial charge >= 0.3 is 0 Å². The highest BCUT2D eigenvalue weighted by molar-refractivity contribution is 14.1. The number of nitrogens with one attached hydrogen (secondary N) is 2. The van der Waals surface area contributed by atoms with Gasteiger partial charge in [0.15, 0.2) is 11.6 Å². The van der Waals surface area contributed by atoms with Crippen LogP contribution in [0.3, 0.4) is 0 Å².